The molecule has 0 atom stereocenters. The number of nitrogens with two attached hydrogens (primary N) is 1. The summed E-state index contributed by atoms with van der Waals surface area (Å²) in [5.41, 5.74) is 5.67. The van der Waals surface area contributed by atoms with E-state index in [1.54, 1.807) is 30.3 Å². The highest BCUT2D eigenvalue weighted by atomic mass is 79.9. The number of hydrogen-bond acceptors (Lipinski definition) is 4. The summed E-state index contributed by atoms with van der Waals surface area (Å²) in [7, 11) is 0. The largest absolute Gasteiger partial charge is 0.364 e. The minimum absolute atomic E-state index is 0.133. The molecule has 2 aromatic rings. The van der Waals surface area contributed by atoms with E-state index in [1.165, 1.54) is 24.3 Å². The number of nitrogens with one attached hydrogen (secondary N) is 1. The van der Waals surface area contributed by atoms with Crippen LogP contribution in [0.1, 0.15) is 15.9 Å². The van der Waals surface area contributed by atoms with Crippen molar-refractivity contribution in [1.29, 1.82) is 0 Å². The van der Waals surface area contributed by atoms with Gasteiger partial charge in [0.2, 0.25) is 0 Å². The molecule has 0 saturated heterocycles. The molecule has 2 rings (SSSR count). The number of hydrogen-bond donors (Lipinski definition) is 2. The van der Waals surface area contributed by atoms with Crippen molar-refractivity contribution >= 4 is 39.5 Å². The number of carbonyl (C=O) groups excluding carboxylic acids is 2. The van der Waals surface area contributed by atoms with Gasteiger partial charge in [-0.3, -0.25) is 19.7 Å². The van der Waals surface area contributed by atoms with Crippen LogP contribution in [0.25, 0.3) is 6.08 Å². The van der Waals surface area contributed by atoms with Crippen LogP contribution >= 0.6 is 15.9 Å². The van der Waals surface area contributed by atoms with Gasteiger partial charge in [0.1, 0.15) is 5.70 Å². The molecule has 2 aromatic carbocycles. The van der Waals surface area contributed by atoms with Gasteiger partial charge in [-0.1, -0.05) is 34.1 Å². The normalized spacial score (nSPS) is 11.0. The zero-order chi connectivity index (χ0) is 17.7. The Kier molecular flexibility index (Phi) is 5.43. The SMILES string of the molecule is NC(=O)C(=Cc1cccc([N+](=O)[O-])c1)NC(=O)c1cccc(Br)c1. The molecule has 0 radical (unpaired) electrons. The van der Waals surface area contributed by atoms with Gasteiger partial charge in [-0.15, -0.1) is 0 Å². The second-order valence-corrected chi connectivity index (χ2v) is 5.65. The number of nitro groups is 1. The Morgan fingerprint density at radius 2 is 1.88 bits per heavy atom. The average Bonchev–Trinajstić information content (AvgIpc) is 2.54. The standard InChI is InChI=1S/C16H12BrN3O4/c17-12-5-2-4-11(9-12)16(22)19-14(15(18)21)8-10-3-1-6-13(7-10)20(23)24/h1-9H,(H2,18,21)(H,19,22). The van der Waals surface area contributed by atoms with Gasteiger partial charge in [-0.25, -0.2) is 0 Å². The lowest BCUT2D eigenvalue weighted by atomic mass is 10.1. The molecule has 0 aliphatic heterocycles. The van der Waals surface area contributed by atoms with Crippen LogP contribution < -0.4 is 11.1 Å². The molecule has 0 unspecified atom stereocenters. The number of amides is 2. The first-order valence-corrected chi connectivity index (χ1v) is 7.49. The van der Waals surface area contributed by atoms with Crippen molar-refractivity contribution in [1.82, 2.24) is 5.32 Å². The van der Waals surface area contributed by atoms with E-state index < -0.39 is 16.7 Å². The quantitative estimate of drug-likeness (QED) is 0.464. The summed E-state index contributed by atoms with van der Waals surface area (Å²) >= 11 is 3.25. The van der Waals surface area contributed by atoms with Crippen LogP contribution in [0.5, 0.6) is 0 Å². The van der Waals surface area contributed by atoms with Gasteiger partial charge in [0.05, 0.1) is 4.92 Å². The molecule has 0 bridgehead atoms. The van der Waals surface area contributed by atoms with E-state index in [2.05, 4.69) is 21.2 Å². The average molecular weight is 390 g/mol. The van der Waals surface area contributed by atoms with Crippen LogP contribution in [0.15, 0.2) is 58.7 Å². The minimum Gasteiger partial charge on any atom is -0.364 e. The predicted molar refractivity (Wildman–Crippen MR) is 91.9 cm³/mol. The summed E-state index contributed by atoms with van der Waals surface area (Å²) in [6.07, 6.45) is 1.28. The summed E-state index contributed by atoms with van der Waals surface area (Å²) in [6.45, 7) is 0. The molecule has 2 amide bonds. The molecule has 7 nitrogen and oxygen atoms in total. The Morgan fingerprint density at radius 1 is 1.17 bits per heavy atom. The molecule has 8 heteroatoms. The van der Waals surface area contributed by atoms with Crippen molar-refractivity contribution in [3.8, 4) is 0 Å². The summed E-state index contributed by atoms with van der Waals surface area (Å²) in [6, 6.07) is 12.2. The molecule has 122 valence electrons. The number of nitro benzene ring substituents is 1. The second-order valence-electron chi connectivity index (χ2n) is 4.74. The highest BCUT2D eigenvalue weighted by Crippen LogP contribution is 2.16. The smallest absolute Gasteiger partial charge is 0.270 e. The molecule has 0 saturated carbocycles. The summed E-state index contributed by atoms with van der Waals surface area (Å²) < 4.78 is 0.707. The number of carbonyl (C=O) groups is 2. The monoisotopic (exact) mass is 389 g/mol. The van der Waals surface area contributed by atoms with Gasteiger partial charge in [-0.05, 0) is 29.8 Å². The Balaban J connectivity index is 2.29. The van der Waals surface area contributed by atoms with Gasteiger partial charge in [0, 0.05) is 22.2 Å². The molecule has 0 aliphatic rings. The zero-order valence-corrected chi connectivity index (χ0v) is 13.8. The van der Waals surface area contributed by atoms with E-state index >= 15 is 0 Å². The zero-order valence-electron chi connectivity index (χ0n) is 12.2. The number of primary amides is 1. The van der Waals surface area contributed by atoms with E-state index in [0.717, 1.165) is 0 Å². The molecule has 0 fully saturated rings. The van der Waals surface area contributed by atoms with Crippen molar-refractivity contribution in [2.45, 2.75) is 0 Å². The molecule has 24 heavy (non-hydrogen) atoms. The van der Waals surface area contributed by atoms with Crippen LogP contribution in [-0.2, 0) is 4.79 Å². The minimum atomic E-state index is -0.857. The van der Waals surface area contributed by atoms with Crippen molar-refractivity contribution < 1.29 is 14.5 Å². The maximum atomic E-state index is 12.2. The topological polar surface area (TPSA) is 115 Å². The maximum Gasteiger partial charge on any atom is 0.270 e. The Hall–Kier alpha value is -3.00. The van der Waals surface area contributed by atoms with Crippen LogP contribution in [0, 0.1) is 10.1 Å². The number of benzene rings is 2. The van der Waals surface area contributed by atoms with Crippen molar-refractivity contribution in [2.24, 2.45) is 5.73 Å². The van der Waals surface area contributed by atoms with E-state index in [9.17, 15) is 19.7 Å². The second kappa shape index (κ2) is 7.51. The van der Waals surface area contributed by atoms with E-state index in [1.807, 2.05) is 0 Å². The van der Waals surface area contributed by atoms with Gasteiger partial charge >= 0.3 is 0 Å². The van der Waals surface area contributed by atoms with E-state index in [4.69, 9.17) is 5.73 Å². The lowest BCUT2D eigenvalue weighted by Crippen LogP contribution is -2.31. The molecule has 0 aliphatic carbocycles. The molecular formula is C16H12BrN3O4. The molecule has 0 aromatic heterocycles. The highest BCUT2D eigenvalue weighted by Gasteiger charge is 2.13. The highest BCUT2D eigenvalue weighted by molar-refractivity contribution is 9.10. The summed E-state index contributed by atoms with van der Waals surface area (Å²) in [4.78, 5) is 34.0. The molecule has 0 heterocycles. The van der Waals surface area contributed by atoms with Crippen molar-refractivity contribution in [2.75, 3.05) is 0 Å². The van der Waals surface area contributed by atoms with Crippen LogP contribution in [0.4, 0.5) is 5.69 Å². The molecule has 0 spiro atoms. The third-order valence-electron chi connectivity index (χ3n) is 2.99. The Labute approximate surface area is 145 Å². The van der Waals surface area contributed by atoms with Crippen molar-refractivity contribution in [3.63, 3.8) is 0 Å². The van der Waals surface area contributed by atoms with E-state index in [0.29, 0.717) is 15.6 Å². The Morgan fingerprint density at radius 3 is 2.50 bits per heavy atom. The number of nitrogens with zero attached hydrogens (tertiary/aromatic N) is 1. The van der Waals surface area contributed by atoms with Crippen LogP contribution in [0.2, 0.25) is 0 Å². The maximum absolute atomic E-state index is 12.2. The van der Waals surface area contributed by atoms with Crippen LogP contribution in [0.3, 0.4) is 0 Å². The molecular weight excluding hydrogens is 378 g/mol. The Bertz CT molecular complexity index is 849. The van der Waals surface area contributed by atoms with Gasteiger partial charge < -0.3 is 11.1 Å². The fourth-order valence-corrected chi connectivity index (χ4v) is 2.29. The molecule has 3 N–H and O–H groups in total. The number of non-ortho nitro benzene ring substituents is 1. The fourth-order valence-electron chi connectivity index (χ4n) is 1.89. The summed E-state index contributed by atoms with van der Waals surface area (Å²) in [5.74, 6) is -1.38. The first-order chi connectivity index (χ1) is 11.4. The third-order valence-corrected chi connectivity index (χ3v) is 3.49. The van der Waals surface area contributed by atoms with Gasteiger partial charge in [0.25, 0.3) is 17.5 Å². The van der Waals surface area contributed by atoms with E-state index in [-0.39, 0.29) is 11.4 Å². The lowest BCUT2D eigenvalue weighted by Gasteiger charge is -2.07. The number of rotatable bonds is 5. The number of halogens is 1. The van der Waals surface area contributed by atoms with Gasteiger partial charge in [-0.2, -0.15) is 0 Å². The van der Waals surface area contributed by atoms with Crippen LogP contribution in [-0.4, -0.2) is 16.7 Å². The van der Waals surface area contributed by atoms with Gasteiger partial charge in [0.15, 0.2) is 0 Å². The van der Waals surface area contributed by atoms with Crippen molar-refractivity contribution in [3.05, 3.63) is 79.9 Å². The third kappa shape index (κ3) is 4.50. The fraction of sp³-hybridized carbons (Fsp3) is 0. The first kappa shape index (κ1) is 17.4. The first-order valence-electron chi connectivity index (χ1n) is 6.69. The predicted octanol–water partition coefficient (Wildman–Crippen LogP) is 2.61. The lowest BCUT2D eigenvalue weighted by molar-refractivity contribution is -0.384. The summed E-state index contributed by atoms with van der Waals surface area (Å²) in [5, 5.41) is 13.2.